The first-order valence-electron chi connectivity index (χ1n) is 5.67. The van der Waals surface area contributed by atoms with E-state index in [1.807, 2.05) is 38.4 Å². The van der Waals surface area contributed by atoms with Crippen molar-refractivity contribution in [3.8, 4) is 0 Å². The van der Waals surface area contributed by atoms with Crippen molar-refractivity contribution in [3.63, 3.8) is 0 Å². The quantitative estimate of drug-likeness (QED) is 0.905. The molecule has 0 fully saturated rings. The van der Waals surface area contributed by atoms with Gasteiger partial charge < -0.3 is 10.2 Å². The second kappa shape index (κ2) is 6.77. The number of amides is 1. The van der Waals surface area contributed by atoms with E-state index < -0.39 is 0 Å². The van der Waals surface area contributed by atoms with Crippen molar-refractivity contribution in [3.05, 3.63) is 34.3 Å². The molecule has 0 aromatic heterocycles. The fraction of sp³-hybridized carbons (Fsp3) is 0.462. The van der Waals surface area contributed by atoms with E-state index in [1.165, 1.54) is 0 Å². The largest absolute Gasteiger partial charge is 0.352 e. The molecule has 0 aliphatic heterocycles. The number of halogens is 1. The van der Waals surface area contributed by atoms with E-state index in [1.54, 1.807) is 0 Å². The first-order valence-corrected chi connectivity index (χ1v) is 6.47. The van der Waals surface area contributed by atoms with Crippen LogP contribution < -0.4 is 5.32 Å². The van der Waals surface area contributed by atoms with Gasteiger partial charge in [0.1, 0.15) is 0 Å². The summed E-state index contributed by atoms with van der Waals surface area (Å²) < 4.78 is 0.982. The maximum Gasteiger partial charge on any atom is 0.251 e. The molecule has 0 aliphatic carbocycles. The average Bonchev–Trinajstić information content (AvgIpc) is 2.26. The first kappa shape index (κ1) is 14.2. The predicted molar refractivity (Wildman–Crippen MR) is 74.2 cm³/mol. The van der Waals surface area contributed by atoms with Crippen LogP contribution in [0.4, 0.5) is 0 Å². The Balaban J connectivity index is 2.42. The Morgan fingerprint density at radius 2 is 1.94 bits per heavy atom. The molecule has 0 aliphatic rings. The lowest BCUT2D eigenvalue weighted by atomic mass is 10.1. The number of benzene rings is 1. The third-order valence-electron chi connectivity index (χ3n) is 2.39. The Kier molecular flexibility index (Phi) is 5.65. The van der Waals surface area contributed by atoms with Crippen LogP contribution in [0.2, 0.25) is 0 Å². The van der Waals surface area contributed by atoms with Crippen LogP contribution >= 0.6 is 15.9 Å². The van der Waals surface area contributed by atoms with Gasteiger partial charge in [-0.05, 0) is 44.3 Å². The minimum absolute atomic E-state index is 0.0110. The normalized spacial score (nSPS) is 12.5. The molecule has 1 rings (SSSR count). The molecule has 1 atom stereocenters. The molecule has 0 heterocycles. The van der Waals surface area contributed by atoms with Gasteiger partial charge in [0, 0.05) is 23.1 Å². The lowest BCUT2D eigenvalue weighted by Gasteiger charge is -2.17. The summed E-state index contributed by atoms with van der Waals surface area (Å²) in [5.41, 5.74) is 0.699. The Bertz CT molecular complexity index is 362. The molecule has 94 valence electrons. The maximum atomic E-state index is 11.8. The maximum absolute atomic E-state index is 11.8. The molecule has 0 radical (unpaired) electrons. The number of carbonyl (C=O) groups is 1. The summed E-state index contributed by atoms with van der Waals surface area (Å²) in [6.45, 7) is 3.80. The average molecular weight is 299 g/mol. The number of nitrogens with zero attached hydrogens (tertiary/aromatic N) is 1. The van der Waals surface area contributed by atoms with E-state index in [2.05, 4.69) is 33.1 Å². The summed E-state index contributed by atoms with van der Waals surface area (Å²) in [6.07, 6.45) is 0. The van der Waals surface area contributed by atoms with Crippen LogP contribution in [0.3, 0.4) is 0 Å². The number of nitrogens with one attached hydrogen (secondary N) is 1. The van der Waals surface area contributed by atoms with Gasteiger partial charge in [-0.25, -0.2) is 0 Å². The van der Waals surface area contributed by atoms with Crippen LogP contribution in [0.25, 0.3) is 0 Å². The molecular formula is C13H19BrN2O. The zero-order valence-electron chi connectivity index (χ0n) is 10.5. The van der Waals surface area contributed by atoms with E-state index in [4.69, 9.17) is 0 Å². The van der Waals surface area contributed by atoms with Crippen molar-refractivity contribution in [2.75, 3.05) is 27.2 Å². The Labute approximate surface area is 111 Å². The second-order valence-electron chi connectivity index (χ2n) is 4.58. The third-order valence-corrected chi connectivity index (χ3v) is 2.92. The van der Waals surface area contributed by atoms with Crippen LogP contribution in [0, 0.1) is 5.92 Å². The Hall–Kier alpha value is -0.870. The number of carbonyl (C=O) groups excluding carboxylic acids is 1. The minimum atomic E-state index is -0.0110. The van der Waals surface area contributed by atoms with Gasteiger partial charge in [0.2, 0.25) is 0 Å². The molecule has 1 aromatic rings. The molecule has 0 spiro atoms. The summed E-state index contributed by atoms with van der Waals surface area (Å²) in [6, 6.07) is 7.38. The van der Waals surface area contributed by atoms with Crippen molar-refractivity contribution in [1.29, 1.82) is 0 Å². The Morgan fingerprint density at radius 1 is 1.35 bits per heavy atom. The van der Waals surface area contributed by atoms with Crippen molar-refractivity contribution in [2.24, 2.45) is 5.92 Å². The van der Waals surface area contributed by atoms with Gasteiger partial charge in [0.05, 0.1) is 0 Å². The molecule has 4 heteroatoms. The summed E-state index contributed by atoms with van der Waals surface area (Å²) >= 11 is 3.35. The van der Waals surface area contributed by atoms with E-state index in [0.717, 1.165) is 11.0 Å². The predicted octanol–water partition coefficient (Wildman–Crippen LogP) is 2.38. The summed E-state index contributed by atoms with van der Waals surface area (Å²) in [4.78, 5) is 13.9. The molecule has 0 saturated heterocycles. The third kappa shape index (κ3) is 5.33. The van der Waals surface area contributed by atoms with Gasteiger partial charge in [-0.1, -0.05) is 22.9 Å². The van der Waals surface area contributed by atoms with Gasteiger partial charge in [-0.15, -0.1) is 0 Å². The molecule has 3 nitrogen and oxygen atoms in total. The lowest BCUT2D eigenvalue weighted by Crippen LogP contribution is -2.32. The van der Waals surface area contributed by atoms with E-state index >= 15 is 0 Å². The smallest absolute Gasteiger partial charge is 0.251 e. The SMILES string of the molecule is C[C@H](CNC(=O)c1ccc(Br)cc1)CN(C)C. The van der Waals surface area contributed by atoms with Gasteiger partial charge in [0.25, 0.3) is 5.91 Å². The highest BCUT2D eigenvalue weighted by Gasteiger charge is 2.08. The Morgan fingerprint density at radius 3 is 2.47 bits per heavy atom. The monoisotopic (exact) mass is 298 g/mol. The molecule has 0 saturated carbocycles. The number of rotatable bonds is 5. The van der Waals surface area contributed by atoms with Gasteiger partial charge in [-0.2, -0.15) is 0 Å². The second-order valence-corrected chi connectivity index (χ2v) is 5.50. The highest BCUT2D eigenvalue weighted by Crippen LogP contribution is 2.10. The molecule has 0 bridgehead atoms. The zero-order chi connectivity index (χ0) is 12.8. The van der Waals surface area contributed by atoms with Crippen LogP contribution in [0.15, 0.2) is 28.7 Å². The topological polar surface area (TPSA) is 32.3 Å². The van der Waals surface area contributed by atoms with Crippen molar-refractivity contribution < 1.29 is 4.79 Å². The van der Waals surface area contributed by atoms with Crippen LogP contribution in [-0.4, -0.2) is 38.0 Å². The molecule has 0 unspecified atom stereocenters. The zero-order valence-corrected chi connectivity index (χ0v) is 12.1. The van der Waals surface area contributed by atoms with Crippen molar-refractivity contribution >= 4 is 21.8 Å². The highest BCUT2D eigenvalue weighted by molar-refractivity contribution is 9.10. The summed E-state index contributed by atoms with van der Waals surface area (Å²) in [7, 11) is 4.07. The lowest BCUT2D eigenvalue weighted by molar-refractivity contribution is 0.0946. The fourth-order valence-corrected chi connectivity index (χ4v) is 1.92. The van der Waals surface area contributed by atoms with Gasteiger partial charge in [-0.3, -0.25) is 4.79 Å². The van der Waals surface area contributed by atoms with E-state index in [-0.39, 0.29) is 5.91 Å². The van der Waals surface area contributed by atoms with Crippen molar-refractivity contribution in [1.82, 2.24) is 10.2 Å². The molecular weight excluding hydrogens is 280 g/mol. The van der Waals surface area contributed by atoms with E-state index in [9.17, 15) is 4.79 Å². The molecule has 1 aromatic carbocycles. The first-order chi connectivity index (χ1) is 7.99. The number of hydrogen-bond donors (Lipinski definition) is 1. The minimum Gasteiger partial charge on any atom is -0.352 e. The van der Waals surface area contributed by atoms with Gasteiger partial charge >= 0.3 is 0 Å². The molecule has 17 heavy (non-hydrogen) atoms. The fourth-order valence-electron chi connectivity index (χ4n) is 1.66. The molecule has 1 N–H and O–H groups in total. The molecule has 1 amide bonds. The summed E-state index contributed by atoms with van der Waals surface area (Å²) in [5, 5.41) is 2.94. The van der Waals surface area contributed by atoms with Crippen LogP contribution in [-0.2, 0) is 0 Å². The van der Waals surface area contributed by atoms with Gasteiger partial charge in [0.15, 0.2) is 0 Å². The summed E-state index contributed by atoms with van der Waals surface area (Å²) in [5.74, 6) is 0.438. The van der Waals surface area contributed by atoms with Crippen LogP contribution in [0.1, 0.15) is 17.3 Å². The van der Waals surface area contributed by atoms with Crippen molar-refractivity contribution in [2.45, 2.75) is 6.92 Å². The van der Waals surface area contributed by atoms with E-state index in [0.29, 0.717) is 18.0 Å². The number of hydrogen-bond acceptors (Lipinski definition) is 2. The standard InChI is InChI=1S/C13H19BrN2O/c1-10(9-16(2)3)8-15-13(17)11-4-6-12(14)7-5-11/h4-7,10H,8-9H2,1-3H3,(H,15,17)/t10-/m1/s1. The highest BCUT2D eigenvalue weighted by atomic mass is 79.9. The van der Waals surface area contributed by atoms with Crippen LogP contribution in [0.5, 0.6) is 0 Å².